The summed E-state index contributed by atoms with van der Waals surface area (Å²) in [4.78, 5) is 7.72. The fourth-order valence-electron chi connectivity index (χ4n) is 2.97. The van der Waals surface area contributed by atoms with Crippen molar-refractivity contribution >= 4 is 5.71 Å². The van der Waals surface area contributed by atoms with E-state index in [0.717, 1.165) is 30.2 Å². The highest BCUT2D eigenvalue weighted by molar-refractivity contribution is 5.91. The Labute approximate surface area is 123 Å². The van der Waals surface area contributed by atoms with Gasteiger partial charge in [0.15, 0.2) is 18.1 Å². The summed E-state index contributed by atoms with van der Waals surface area (Å²) in [6, 6.07) is 5.66. The highest BCUT2D eigenvalue weighted by atomic mass is 16.7. The Morgan fingerprint density at radius 1 is 1.33 bits per heavy atom. The molecule has 2 atom stereocenters. The Hall–Kier alpha value is -2.19. The molecule has 3 aliphatic rings. The molecule has 3 aliphatic heterocycles. The zero-order valence-electron chi connectivity index (χ0n) is 11.7. The summed E-state index contributed by atoms with van der Waals surface area (Å²) in [6.45, 7) is 3.90. The smallest absolute Gasteiger partial charge is 0.231 e. The van der Waals surface area contributed by atoms with Gasteiger partial charge in [0.25, 0.3) is 0 Å². The molecular formula is C16H16N2O3. The van der Waals surface area contributed by atoms with E-state index < -0.39 is 0 Å². The first-order valence-electron chi connectivity index (χ1n) is 7.18. The van der Waals surface area contributed by atoms with Crippen LogP contribution in [-0.4, -0.2) is 43.6 Å². The zero-order valence-corrected chi connectivity index (χ0v) is 11.7. The molecule has 5 heteroatoms. The van der Waals surface area contributed by atoms with Crippen molar-refractivity contribution in [1.29, 1.82) is 0 Å². The second kappa shape index (κ2) is 5.30. The average molecular weight is 284 g/mol. The van der Waals surface area contributed by atoms with Gasteiger partial charge in [-0.05, 0) is 31.2 Å². The highest BCUT2D eigenvalue weighted by Gasteiger charge is 2.35. The monoisotopic (exact) mass is 284 g/mol. The van der Waals surface area contributed by atoms with Crippen LogP contribution in [0.5, 0.6) is 11.5 Å². The van der Waals surface area contributed by atoms with Crippen LogP contribution in [0.2, 0.25) is 0 Å². The van der Waals surface area contributed by atoms with Crippen molar-refractivity contribution in [3.63, 3.8) is 0 Å². The van der Waals surface area contributed by atoms with E-state index in [4.69, 9.17) is 14.3 Å². The van der Waals surface area contributed by atoms with Crippen LogP contribution >= 0.6 is 0 Å². The van der Waals surface area contributed by atoms with Gasteiger partial charge in [-0.2, -0.15) is 0 Å². The zero-order chi connectivity index (χ0) is 14.1. The summed E-state index contributed by atoms with van der Waals surface area (Å²) < 4.78 is 10.6. The van der Waals surface area contributed by atoms with Crippen LogP contribution in [0.25, 0.3) is 0 Å². The Morgan fingerprint density at radius 2 is 2.29 bits per heavy atom. The number of benzene rings is 1. The lowest BCUT2D eigenvalue weighted by Gasteiger charge is -2.12. The van der Waals surface area contributed by atoms with Gasteiger partial charge in [0.2, 0.25) is 6.79 Å². The summed E-state index contributed by atoms with van der Waals surface area (Å²) in [7, 11) is 0. The predicted molar refractivity (Wildman–Crippen MR) is 77.4 cm³/mol. The van der Waals surface area contributed by atoms with Gasteiger partial charge in [-0.25, -0.2) is 0 Å². The molecule has 2 saturated heterocycles. The number of ether oxygens (including phenoxy) is 2. The van der Waals surface area contributed by atoms with Gasteiger partial charge in [-0.1, -0.05) is 17.0 Å². The molecule has 0 N–H and O–H groups in total. The van der Waals surface area contributed by atoms with E-state index in [9.17, 15) is 0 Å². The van der Waals surface area contributed by atoms with E-state index in [-0.39, 0.29) is 6.79 Å². The van der Waals surface area contributed by atoms with Crippen molar-refractivity contribution in [2.24, 2.45) is 11.1 Å². The van der Waals surface area contributed by atoms with Crippen molar-refractivity contribution in [2.45, 2.75) is 6.42 Å². The molecule has 0 saturated carbocycles. The third kappa shape index (κ3) is 2.55. The Bertz CT molecular complexity index is 645. The molecule has 5 nitrogen and oxygen atoms in total. The lowest BCUT2D eigenvalue weighted by molar-refractivity contribution is 0.174. The van der Waals surface area contributed by atoms with Gasteiger partial charge < -0.3 is 14.3 Å². The molecule has 0 radical (unpaired) electrons. The second-order valence-electron chi connectivity index (χ2n) is 5.45. The third-order valence-corrected chi connectivity index (χ3v) is 4.05. The second-order valence-corrected chi connectivity index (χ2v) is 5.45. The summed E-state index contributed by atoms with van der Waals surface area (Å²) >= 11 is 0. The van der Waals surface area contributed by atoms with Crippen LogP contribution in [0.15, 0.2) is 23.4 Å². The number of hydrogen-bond donors (Lipinski definition) is 0. The van der Waals surface area contributed by atoms with E-state index in [1.807, 2.05) is 18.2 Å². The third-order valence-electron chi connectivity index (χ3n) is 4.05. The molecule has 3 heterocycles. The molecule has 0 aliphatic carbocycles. The van der Waals surface area contributed by atoms with Crippen molar-refractivity contribution in [3.8, 4) is 23.3 Å². The molecule has 1 aromatic rings. The van der Waals surface area contributed by atoms with E-state index in [1.165, 1.54) is 18.7 Å². The number of nitrogens with zero attached hydrogens (tertiary/aromatic N) is 2. The highest BCUT2D eigenvalue weighted by Crippen LogP contribution is 2.32. The molecule has 2 unspecified atom stereocenters. The van der Waals surface area contributed by atoms with Crippen molar-refractivity contribution < 1.29 is 14.3 Å². The minimum absolute atomic E-state index is 0.283. The first-order valence-corrected chi connectivity index (χ1v) is 7.18. The summed E-state index contributed by atoms with van der Waals surface area (Å²) in [5.74, 6) is 8.14. The standard InChI is InChI=1S/C16H16N2O3/c1(2-12-3-4-15-16(8-12)20-11-19-15)7-21-17-14-10-18-6-5-13(14)9-18/h3-4,8,13H,5-7,9-11H2/b17-14+. The fourth-order valence-corrected chi connectivity index (χ4v) is 2.97. The predicted octanol–water partition coefficient (Wildman–Crippen LogP) is 1.47. The van der Waals surface area contributed by atoms with Crippen LogP contribution in [0.4, 0.5) is 0 Å². The Balaban J connectivity index is 1.32. The summed E-state index contributed by atoms with van der Waals surface area (Å²) in [5, 5.41) is 4.22. The quantitative estimate of drug-likeness (QED) is 0.469. The molecule has 21 heavy (non-hydrogen) atoms. The van der Waals surface area contributed by atoms with Gasteiger partial charge in [0.05, 0.1) is 5.71 Å². The normalized spacial score (nSPS) is 26.8. The SMILES string of the molecule is C(#Cc1ccc2c(c1)OCO2)CO/N=C1\CN2CCC1C2. The molecule has 0 amide bonds. The molecule has 2 fully saturated rings. The maximum Gasteiger partial charge on any atom is 0.231 e. The van der Waals surface area contributed by atoms with E-state index in [0.29, 0.717) is 12.5 Å². The Morgan fingerprint density at radius 3 is 3.14 bits per heavy atom. The molecule has 1 aromatic carbocycles. The molecule has 108 valence electrons. The van der Waals surface area contributed by atoms with Gasteiger partial charge >= 0.3 is 0 Å². The van der Waals surface area contributed by atoms with E-state index in [1.54, 1.807) is 0 Å². The number of hydrogen-bond acceptors (Lipinski definition) is 5. The van der Waals surface area contributed by atoms with Gasteiger partial charge in [-0.3, -0.25) is 4.90 Å². The van der Waals surface area contributed by atoms with Gasteiger partial charge in [-0.15, -0.1) is 0 Å². The average Bonchev–Trinajstić information content (AvgIpc) is 3.22. The van der Waals surface area contributed by atoms with Crippen LogP contribution in [0, 0.1) is 17.8 Å². The molecule has 0 spiro atoms. The van der Waals surface area contributed by atoms with Crippen LogP contribution in [0.1, 0.15) is 12.0 Å². The molecule has 4 rings (SSSR count). The summed E-state index contributed by atoms with van der Waals surface area (Å²) in [5.41, 5.74) is 2.06. The van der Waals surface area contributed by atoms with Gasteiger partial charge in [0, 0.05) is 24.6 Å². The van der Waals surface area contributed by atoms with Crippen molar-refractivity contribution in [2.75, 3.05) is 33.0 Å². The first-order chi connectivity index (χ1) is 10.4. The number of fused-ring (bicyclic) bond motifs is 3. The van der Waals surface area contributed by atoms with Crippen LogP contribution < -0.4 is 9.47 Å². The Kier molecular flexibility index (Phi) is 3.17. The number of rotatable bonds is 2. The largest absolute Gasteiger partial charge is 0.454 e. The molecule has 0 aromatic heterocycles. The van der Waals surface area contributed by atoms with Crippen molar-refractivity contribution in [3.05, 3.63) is 23.8 Å². The van der Waals surface area contributed by atoms with Crippen molar-refractivity contribution in [1.82, 2.24) is 4.90 Å². The van der Waals surface area contributed by atoms with E-state index in [2.05, 4.69) is 21.9 Å². The van der Waals surface area contributed by atoms with Crippen LogP contribution in [-0.2, 0) is 4.84 Å². The van der Waals surface area contributed by atoms with Gasteiger partial charge in [0.1, 0.15) is 0 Å². The maximum atomic E-state index is 5.32. The topological polar surface area (TPSA) is 43.3 Å². The maximum absolute atomic E-state index is 5.32. The lowest BCUT2D eigenvalue weighted by atomic mass is 10.0. The lowest BCUT2D eigenvalue weighted by Crippen LogP contribution is -2.23. The molecule has 2 bridgehead atoms. The minimum atomic E-state index is 0.283. The molecular weight excluding hydrogens is 268 g/mol. The van der Waals surface area contributed by atoms with E-state index >= 15 is 0 Å². The summed E-state index contributed by atoms with van der Waals surface area (Å²) in [6.07, 6.45) is 1.21. The number of oxime groups is 1. The fraction of sp³-hybridized carbons (Fsp3) is 0.438. The number of piperidine rings is 1. The first kappa shape index (κ1) is 12.5. The minimum Gasteiger partial charge on any atom is -0.454 e. The van der Waals surface area contributed by atoms with Crippen LogP contribution in [0.3, 0.4) is 0 Å².